The molecule has 2 aliphatic rings. The summed E-state index contributed by atoms with van der Waals surface area (Å²) in [5.41, 5.74) is 4.19. The van der Waals surface area contributed by atoms with Crippen molar-refractivity contribution in [2.75, 3.05) is 40.3 Å². The molecule has 6 rings (SSSR count). The molecule has 4 aromatic rings. The molecule has 3 aromatic heterocycles. The highest BCUT2D eigenvalue weighted by Crippen LogP contribution is 2.45. The summed E-state index contributed by atoms with van der Waals surface area (Å²) >= 11 is 0. The van der Waals surface area contributed by atoms with Crippen molar-refractivity contribution < 1.29 is 4.79 Å². The van der Waals surface area contributed by atoms with Crippen LogP contribution in [0.15, 0.2) is 49.2 Å². The van der Waals surface area contributed by atoms with E-state index in [0.29, 0.717) is 43.2 Å². The van der Waals surface area contributed by atoms with E-state index in [1.807, 2.05) is 65.4 Å². The van der Waals surface area contributed by atoms with E-state index >= 15 is 0 Å². The molecule has 0 atom stereocenters. The SMILES string of the molecule is CN(C)Cc1cc(C#N)cc(C(=O)N2CCN(C3CC(CC#N)(n4cc(-c5ncnc6[nH]ccc56)cn4)C3)CC2)c1. The predicted octanol–water partition coefficient (Wildman–Crippen LogP) is 2.98. The van der Waals surface area contributed by atoms with E-state index < -0.39 is 0 Å². The second-order valence-electron chi connectivity index (χ2n) is 11.4. The second-order valence-corrected chi connectivity index (χ2v) is 11.4. The van der Waals surface area contributed by atoms with E-state index in [4.69, 9.17) is 0 Å². The number of rotatable bonds is 7. The van der Waals surface area contributed by atoms with Gasteiger partial charge in [0.1, 0.15) is 12.0 Å². The lowest BCUT2D eigenvalue weighted by Gasteiger charge is -2.52. The van der Waals surface area contributed by atoms with Gasteiger partial charge in [-0.15, -0.1) is 0 Å². The van der Waals surface area contributed by atoms with Crippen molar-refractivity contribution in [3.63, 3.8) is 0 Å². The van der Waals surface area contributed by atoms with Crippen LogP contribution in [-0.4, -0.2) is 91.7 Å². The maximum absolute atomic E-state index is 13.3. The Bertz CT molecular complexity index is 1660. The van der Waals surface area contributed by atoms with E-state index in [2.05, 4.69) is 37.1 Å². The summed E-state index contributed by atoms with van der Waals surface area (Å²) < 4.78 is 1.95. The highest BCUT2D eigenvalue weighted by atomic mass is 16.2. The summed E-state index contributed by atoms with van der Waals surface area (Å²) in [6.45, 7) is 3.49. The number of benzene rings is 1. The van der Waals surface area contributed by atoms with Crippen LogP contribution in [0.25, 0.3) is 22.3 Å². The molecule has 1 aromatic carbocycles. The molecule has 0 bridgehead atoms. The molecule has 4 heterocycles. The first kappa shape index (κ1) is 26.6. The Morgan fingerprint density at radius 3 is 2.68 bits per heavy atom. The van der Waals surface area contributed by atoms with Crippen LogP contribution in [0.3, 0.4) is 0 Å². The van der Waals surface area contributed by atoms with Gasteiger partial charge in [0.15, 0.2) is 0 Å². The van der Waals surface area contributed by atoms with Crippen LogP contribution in [0.4, 0.5) is 0 Å². The number of aromatic amines is 1. The number of nitrogens with zero attached hydrogens (tertiary/aromatic N) is 9. The molecule has 11 heteroatoms. The van der Waals surface area contributed by atoms with Gasteiger partial charge in [-0.25, -0.2) is 9.97 Å². The third-order valence-corrected chi connectivity index (χ3v) is 8.32. The molecule has 208 valence electrons. The van der Waals surface area contributed by atoms with Crippen molar-refractivity contribution in [2.24, 2.45) is 0 Å². The van der Waals surface area contributed by atoms with Gasteiger partial charge >= 0.3 is 0 Å². The second kappa shape index (κ2) is 10.8. The van der Waals surface area contributed by atoms with E-state index in [-0.39, 0.29) is 11.4 Å². The van der Waals surface area contributed by atoms with Crippen molar-refractivity contribution in [1.82, 2.24) is 39.4 Å². The van der Waals surface area contributed by atoms with Crippen molar-refractivity contribution in [3.8, 4) is 23.4 Å². The number of fused-ring (bicyclic) bond motifs is 1. The minimum absolute atomic E-state index is 0.0282. The fourth-order valence-corrected chi connectivity index (χ4v) is 6.25. The van der Waals surface area contributed by atoms with Crippen LogP contribution in [-0.2, 0) is 12.1 Å². The number of aromatic nitrogens is 5. The van der Waals surface area contributed by atoms with Gasteiger partial charge in [-0.3, -0.25) is 14.4 Å². The summed E-state index contributed by atoms with van der Waals surface area (Å²) in [5, 5.41) is 24.8. The van der Waals surface area contributed by atoms with Gasteiger partial charge in [-0.2, -0.15) is 15.6 Å². The van der Waals surface area contributed by atoms with Gasteiger partial charge in [0.25, 0.3) is 5.91 Å². The molecule has 11 nitrogen and oxygen atoms in total. The summed E-state index contributed by atoms with van der Waals surface area (Å²) in [5.74, 6) is -0.0282. The number of carbonyl (C=O) groups is 1. The Morgan fingerprint density at radius 1 is 1.15 bits per heavy atom. The van der Waals surface area contributed by atoms with Crippen molar-refractivity contribution in [3.05, 3.63) is 65.9 Å². The largest absolute Gasteiger partial charge is 0.346 e. The molecule has 1 N–H and O–H groups in total. The molecule has 0 spiro atoms. The van der Waals surface area contributed by atoms with Crippen LogP contribution in [0.1, 0.15) is 40.7 Å². The first-order chi connectivity index (χ1) is 19.9. The van der Waals surface area contributed by atoms with Gasteiger partial charge in [0.2, 0.25) is 0 Å². The summed E-state index contributed by atoms with van der Waals surface area (Å²) in [6, 6.07) is 12.3. The number of nitrogens with one attached hydrogen (secondary N) is 1. The summed E-state index contributed by atoms with van der Waals surface area (Å²) in [4.78, 5) is 31.6. The number of hydrogen-bond donors (Lipinski definition) is 1. The zero-order valence-electron chi connectivity index (χ0n) is 23.3. The monoisotopic (exact) mass is 548 g/mol. The maximum atomic E-state index is 13.3. The number of amides is 1. The number of hydrogen-bond acceptors (Lipinski definition) is 8. The van der Waals surface area contributed by atoms with Gasteiger partial charge in [0.05, 0.1) is 41.6 Å². The minimum atomic E-state index is -0.352. The average molecular weight is 549 g/mol. The number of carbonyl (C=O) groups excluding carboxylic acids is 1. The van der Waals surface area contributed by atoms with Crippen LogP contribution < -0.4 is 0 Å². The number of piperazine rings is 1. The van der Waals surface area contributed by atoms with Gasteiger partial charge in [0, 0.05) is 67.7 Å². The number of nitriles is 2. The Labute approximate surface area is 238 Å². The molecule has 1 saturated carbocycles. The molecule has 1 amide bonds. The molecule has 1 aliphatic heterocycles. The van der Waals surface area contributed by atoms with Crippen LogP contribution in [0.2, 0.25) is 0 Å². The molecular formula is C30H32N10O. The normalized spacial score (nSPS) is 21.0. The van der Waals surface area contributed by atoms with E-state index in [1.54, 1.807) is 12.4 Å². The van der Waals surface area contributed by atoms with Gasteiger partial charge in [-0.05, 0) is 56.8 Å². The smallest absolute Gasteiger partial charge is 0.253 e. The van der Waals surface area contributed by atoms with Crippen molar-refractivity contribution in [2.45, 2.75) is 37.4 Å². The summed E-state index contributed by atoms with van der Waals surface area (Å²) in [6.07, 6.45) is 9.25. The Kier molecular flexibility index (Phi) is 7.00. The van der Waals surface area contributed by atoms with E-state index in [0.717, 1.165) is 53.8 Å². The zero-order valence-corrected chi connectivity index (χ0v) is 23.3. The zero-order chi connectivity index (χ0) is 28.6. The minimum Gasteiger partial charge on any atom is -0.346 e. The highest BCUT2D eigenvalue weighted by molar-refractivity contribution is 5.95. The Balaban J connectivity index is 1.11. The van der Waals surface area contributed by atoms with Crippen molar-refractivity contribution in [1.29, 1.82) is 10.5 Å². The van der Waals surface area contributed by atoms with E-state index in [1.165, 1.54) is 0 Å². The summed E-state index contributed by atoms with van der Waals surface area (Å²) in [7, 11) is 3.94. The first-order valence-corrected chi connectivity index (χ1v) is 13.8. The van der Waals surface area contributed by atoms with E-state index in [9.17, 15) is 15.3 Å². The topological polar surface area (TPSA) is 134 Å². The molecule has 1 aliphatic carbocycles. The molecule has 0 unspecified atom stereocenters. The first-order valence-electron chi connectivity index (χ1n) is 13.8. The molecule has 0 radical (unpaired) electrons. The molecular weight excluding hydrogens is 516 g/mol. The number of H-pyrrole nitrogens is 1. The third kappa shape index (κ3) is 5.06. The predicted molar refractivity (Wildman–Crippen MR) is 152 cm³/mol. The Morgan fingerprint density at radius 2 is 1.95 bits per heavy atom. The maximum Gasteiger partial charge on any atom is 0.253 e. The molecule has 1 saturated heterocycles. The molecule has 2 fully saturated rings. The quantitative estimate of drug-likeness (QED) is 0.373. The van der Waals surface area contributed by atoms with Crippen LogP contribution >= 0.6 is 0 Å². The lowest BCUT2D eigenvalue weighted by molar-refractivity contribution is -0.0158. The lowest BCUT2D eigenvalue weighted by Crippen LogP contribution is -2.60. The highest BCUT2D eigenvalue weighted by Gasteiger charge is 2.49. The van der Waals surface area contributed by atoms with Crippen LogP contribution in [0.5, 0.6) is 0 Å². The standard InChI is InChI=1S/C30H32N10O/c1-37(2)18-22-11-21(16-32)12-23(13-22)29(41)39-9-7-38(8-10-39)25-14-30(15-25,4-5-31)40-19-24(17-36-40)27-26-3-6-33-28(26)35-20-34-27/h3,6,11-13,17,19-20,25H,4,7-10,14-15,18H2,1-2H3,(H,33,34,35). The fourth-order valence-electron chi connectivity index (χ4n) is 6.25. The molecule has 41 heavy (non-hydrogen) atoms. The fraction of sp³-hybridized carbons (Fsp3) is 0.400. The third-order valence-electron chi connectivity index (χ3n) is 8.32. The lowest BCUT2D eigenvalue weighted by atomic mass is 9.70. The van der Waals surface area contributed by atoms with Crippen molar-refractivity contribution >= 4 is 16.9 Å². The van der Waals surface area contributed by atoms with Gasteiger partial charge in [-0.1, -0.05) is 0 Å². The van der Waals surface area contributed by atoms with Gasteiger partial charge < -0.3 is 14.8 Å². The Hall–Kier alpha value is -4.58. The average Bonchev–Trinajstić information content (AvgIpc) is 3.64. The van der Waals surface area contributed by atoms with Crippen LogP contribution in [0, 0.1) is 22.7 Å².